The van der Waals surface area contributed by atoms with Gasteiger partial charge in [0.15, 0.2) is 5.69 Å². The molecule has 3 heteroatoms. The second-order valence-electron chi connectivity index (χ2n) is 3.72. The summed E-state index contributed by atoms with van der Waals surface area (Å²) in [6.07, 6.45) is 0. The first-order valence-corrected chi connectivity index (χ1v) is 4.68. The molecule has 0 aromatic heterocycles. The lowest BCUT2D eigenvalue weighted by atomic mass is 10.0. The molecule has 1 aromatic rings. The van der Waals surface area contributed by atoms with Crippen molar-refractivity contribution >= 4 is 11.6 Å². The molecule has 0 bridgehead atoms. The van der Waals surface area contributed by atoms with E-state index in [4.69, 9.17) is 6.57 Å². The van der Waals surface area contributed by atoms with Crippen LogP contribution in [0, 0.1) is 20.4 Å². The molecule has 3 nitrogen and oxygen atoms in total. The summed E-state index contributed by atoms with van der Waals surface area (Å²) in [5.74, 6) is -0.0580. The number of rotatable bonds is 1. The van der Waals surface area contributed by atoms with Crippen molar-refractivity contribution in [3.05, 3.63) is 40.2 Å². The third kappa shape index (κ3) is 1.99. The van der Waals surface area contributed by atoms with Gasteiger partial charge in [0.2, 0.25) is 0 Å². The van der Waals surface area contributed by atoms with Gasteiger partial charge in [-0.05, 0) is 25.0 Å². The molecule has 0 spiro atoms. The summed E-state index contributed by atoms with van der Waals surface area (Å²) in [5.41, 5.74) is 2.88. The first-order valence-electron chi connectivity index (χ1n) is 4.68. The molecule has 0 heterocycles. The highest BCUT2D eigenvalue weighted by Gasteiger charge is 2.14. The Kier molecular flexibility index (Phi) is 3.11. The number of nitrogens with zero attached hydrogens (tertiary/aromatic N) is 2. The number of aryl methyl sites for hydroxylation is 1. The third-order valence-electron chi connectivity index (χ3n) is 2.38. The van der Waals surface area contributed by atoms with Gasteiger partial charge in [0.1, 0.15) is 0 Å². The van der Waals surface area contributed by atoms with Crippen LogP contribution in [0.25, 0.3) is 4.85 Å². The molecule has 0 fully saturated rings. The zero-order valence-corrected chi connectivity index (χ0v) is 9.46. The minimum Gasteiger partial charge on any atom is -0.345 e. The maximum Gasteiger partial charge on any atom is 0.252 e. The summed E-state index contributed by atoms with van der Waals surface area (Å²) < 4.78 is 0. The Morgan fingerprint density at radius 1 is 1.33 bits per heavy atom. The van der Waals surface area contributed by atoms with Crippen molar-refractivity contribution in [1.29, 1.82) is 0 Å². The second kappa shape index (κ2) is 4.14. The molecule has 0 atom stereocenters. The summed E-state index contributed by atoms with van der Waals surface area (Å²) >= 11 is 0. The van der Waals surface area contributed by atoms with E-state index >= 15 is 0 Å². The molecular weight excluding hydrogens is 188 g/mol. The number of hydrogen-bond acceptors (Lipinski definition) is 1. The van der Waals surface area contributed by atoms with Crippen molar-refractivity contribution in [2.24, 2.45) is 0 Å². The van der Waals surface area contributed by atoms with E-state index in [0.29, 0.717) is 11.3 Å². The third-order valence-corrected chi connectivity index (χ3v) is 2.38. The van der Waals surface area contributed by atoms with Crippen molar-refractivity contribution in [2.45, 2.75) is 13.8 Å². The topological polar surface area (TPSA) is 24.7 Å². The minimum absolute atomic E-state index is 0.0580. The van der Waals surface area contributed by atoms with Crippen molar-refractivity contribution < 1.29 is 4.79 Å². The fourth-order valence-corrected chi connectivity index (χ4v) is 1.48. The molecule has 0 saturated heterocycles. The Hall–Kier alpha value is -1.82. The van der Waals surface area contributed by atoms with Gasteiger partial charge in [-0.25, -0.2) is 4.85 Å². The fourth-order valence-electron chi connectivity index (χ4n) is 1.48. The zero-order chi connectivity index (χ0) is 11.6. The van der Waals surface area contributed by atoms with Crippen LogP contribution in [0.5, 0.6) is 0 Å². The van der Waals surface area contributed by atoms with Crippen LogP contribution in [0.4, 0.5) is 5.69 Å². The van der Waals surface area contributed by atoms with Crippen LogP contribution in [0.3, 0.4) is 0 Å². The molecule has 0 saturated carbocycles. The van der Waals surface area contributed by atoms with Gasteiger partial charge in [0, 0.05) is 19.7 Å². The lowest BCUT2D eigenvalue weighted by Gasteiger charge is -2.14. The molecule has 1 rings (SSSR count). The summed E-state index contributed by atoms with van der Waals surface area (Å²) in [5, 5.41) is 0. The average Bonchev–Trinajstić information content (AvgIpc) is 2.17. The van der Waals surface area contributed by atoms with E-state index in [9.17, 15) is 4.79 Å². The van der Waals surface area contributed by atoms with E-state index in [-0.39, 0.29) is 5.91 Å². The van der Waals surface area contributed by atoms with Gasteiger partial charge in [-0.2, -0.15) is 0 Å². The predicted octanol–water partition coefficient (Wildman–Crippen LogP) is 2.56. The van der Waals surface area contributed by atoms with Gasteiger partial charge in [-0.1, -0.05) is 12.1 Å². The monoisotopic (exact) mass is 202 g/mol. The van der Waals surface area contributed by atoms with Crippen LogP contribution < -0.4 is 0 Å². The van der Waals surface area contributed by atoms with Gasteiger partial charge in [-0.15, -0.1) is 0 Å². The van der Waals surface area contributed by atoms with Crippen LogP contribution in [0.15, 0.2) is 12.1 Å². The van der Waals surface area contributed by atoms with Crippen LogP contribution in [0.1, 0.15) is 21.5 Å². The first-order chi connectivity index (χ1) is 6.99. The van der Waals surface area contributed by atoms with E-state index in [1.54, 1.807) is 20.2 Å². The summed E-state index contributed by atoms with van der Waals surface area (Å²) in [4.78, 5) is 16.7. The van der Waals surface area contributed by atoms with Crippen LogP contribution in [0.2, 0.25) is 0 Å². The first kappa shape index (κ1) is 11.3. The van der Waals surface area contributed by atoms with Crippen molar-refractivity contribution in [3.63, 3.8) is 0 Å². The van der Waals surface area contributed by atoms with Crippen LogP contribution >= 0.6 is 0 Å². The number of carbonyl (C=O) groups is 1. The summed E-state index contributed by atoms with van der Waals surface area (Å²) in [6.45, 7) is 10.8. The summed E-state index contributed by atoms with van der Waals surface area (Å²) in [7, 11) is 3.41. The number of amides is 1. The van der Waals surface area contributed by atoms with Gasteiger partial charge >= 0.3 is 0 Å². The molecule has 0 radical (unpaired) electrons. The van der Waals surface area contributed by atoms with Gasteiger partial charge < -0.3 is 4.90 Å². The van der Waals surface area contributed by atoms with E-state index in [2.05, 4.69) is 4.85 Å². The van der Waals surface area contributed by atoms with Crippen LogP contribution in [-0.4, -0.2) is 24.9 Å². The summed E-state index contributed by atoms with van der Waals surface area (Å²) in [6, 6.07) is 3.60. The molecule has 1 amide bonds. The van der Waals surface area contributed by atoms with E-state index in [1.807, 2.05) is 19.9 Å². The maximum atomic E-state index is 11.8. The highest BCUT2D eigenvalue weighted by molar-refractivity contribution is 5.97. The zero-order valence-electron chi connectivity index (χ0n) is 9.46. The Bertz CT molecular complexity index is 442. The average molecular weight is 202 g/mol. The second-order valence-corrected chi connectivity index (χ2v) is 3.72. The molecule has 0 unspecified atom stereocenters. The quantitative estimate of drug-likeness (QED) is 0.642. The molecule has 1 aromatic carbocycles. The molecule has 15 heavy (non-hydrogen) atoms. The minimum atomic E-state index is -0.0580. The van der Waals surface area contributed by atoms with Crippen LogP contribution in [-0.2, 0) is 0 Å². The number of benzene rings is 1. The Labute approximate surface area is 90.1 Å². The number of carbonyl (C=O) groups excluding carboxylic acids is 1. The largest absolute Gasteiger partial charge is 0.345 e. The van der Waals surface area contributed by atoms with Crippen molar-refractivity contribution in [1.82, 2.24) is 4.90 Å². The Balaban J connectivity index is 3.36. The van der Waals surface area contributed by atoms with Crippen molar-refractivity contribution in [3.8, 4) is 0 Å². The smallest absolute Gasteiger partial charge is 0.252 e. The Morgan fingerprint density at radius 3 is 2.40 bits per heavy atom. The van der Waals surface area contributed by atoms with Gasteiger partial charge in [0.05, 0.1) is 6.57 Å². The lowest BCUT2D eigenvalue weighted by molar-refractivity contribution is 0.0827. The standard InChI is InChI=1S/C12H14N2O/c1-8-6-7-10(12(15)14(4)5)9(2)11(8)13-3/h6-7H,1-2,4-5H3. The highest BCUT2D eigenvalue weighted by atomic mass is 16.2. The van der Waals surface area contributed by atoms with E-state index < -0.39 is 0 Å². The van der Waals surface area contributed by atoms with E-state index in [1.165, 1.54) is 4.90 Å². The maximum absolute atomic E-state index is 11.8. The Morgan fingerprint density at radius 2 is 1.93 bits per heavy atom. The molecule has 0 aliphatic heterocycles. The SMILES string of the molecule is [C-]#[N+]c1c(C)ccc(C(=O)N(C)C)c1C. The molecule has 0 aliphatic carbocycles. The lowest BCUT2D eigenvalue weighted by Crippen LogP contribution is -2.22. The molecule has 0 N–H and O–H groups in total. The fraction of sp³-hybridized carbons (Fsp3) is 0.333. The van der Waals surface area contributed by atoms with Gasteiger partial charge in [-0.3, -0.25) is 4.79 Å². The molecular formula is C12H14N2O. The molecule has 0 aliphatic rings. The highest BCUT2D eigenvalue weighted by Crippen LogP contribution is 2.26. The van der Waals surface area contributed by atoms with E-state index in [0.717, 1.165) is 11.1 Å². The van der Waals surface area contributed by atoms with Gasteiger partial charge in [0.25, 0.3) is 5.91 Å². The van der Waals surface area contributed by atoms with Crippen molar-refractivity contribution in [2.75, 3.05) is 14.1 Å². The predicted molar refractivity (Wildman–Crippen MR) is 60.2 cm³/mol. The number of hydrogen-bond donors (Lipinski definition) is 0. The normalized spacial score (nSPS) is 9.53. The molecule has 78 valence electrons.